The van der Waals surface area contributed by atoms with Gasteiger partial charge >= 0.3 is 0 Å². The summed E-state index contributed by atoms with van der Waals surface area (Å²) in [5, 5.41) is 0. The van der Waals surface area contributed by atoms with Crippen molar-refractivity contribution >= 4 is 7.98 Å². The highest BCUT2D eigenvalue weighted by Gasteiger charge is 2.18. The Kier molecular flexibility index (Phi) is 2.17. The van der Waals surface area contributed by atoms with Crippen LogP contribution in [0.25, 0.3) is 0 Å². The Morgan fingerprint density at radius 3 is 2.44 bits per heavy atom. The minimum atomic E-state index is 0.781. The molecule has 0 spiro atoms. The molecule has 9 heavy (non-hydrogen) atoms. The number of piperidine rings is 1. The lowest BCUT2D eigenvalue weighted by molar-refractivity contribution is 0.218. The molecule has 2 heteroatoms. The molecule has 0 saturated carbocycles. The molecule has 50 valence electrons. The fraction of sp³-hybridized carbons (Fsp3) is 1.00. The summed E-state index contributed by atoms with van der Waals surface area (Å²) in [5.41, 5.74) is 0. The van der Waals surface area contributed by atoms with Crippen molar-refractivity contribution in [3.8, 4) is 0 Å². The van der Waals surface area contributed by atoms with E-state index in [2.05, 4.69) is 13.8 Å². The first-order valence-corrected chi connectivity index (χ1v) is 3.70. The van der Waals surface area contributed by atoms with Crippen LogP contribution in [0.2, 0.25) is 0 Å². The molecule has 2 unspecified atom stereocenters. The maximum Gasteiger partial charge on any atom is 0.182 e. The molecule has 1 nitrogen and oxygen atoms in total. The highest BCUT2D eigenvalue weighted by molar-refractivity contribution is 6.04. The molecule has 1 rings (SSSR count). The lowest BCUT2D eigenvalue weighted by Crippen LogP contribution is -2.36. The van der Waals surface area contributed by atoms with E-state index in [-0.39, 0.29) is 0 Å². The van der Waals surface area contributed by atoms with Crippen LogP contribution in [-0.4, -0.2) is 25.9 Å². The molecular weight excluding hydrogens is 109 g/mol. The van der Waals surface area contributed by atoms with E-state index in [1.54, 1.807) is 0 Å². The normalized spacial score (nSPS) is 38.9. The van der Waals surface area contributed by atoms with Gasteiger partial charge in [0.05, 0.1) is 0 Å². The zero-order chi connectivity index (χ0) is 6.85. The van der Waals surface area contributed by atoms with Crippen molar-refractivity contribution in [1.29, 1.82) is 0 Å². The van der Waals surface area contributed by atoms with Gasteiger partial charge in [-0.25, -0.2) is 0 Å². The lowest BCUT2D eigenvalue weighted by Gasteiger charge is -2.32. The van der Waals surface area contributed by atoms with E-state index in [4.69, 9.17) is 7.98 Å². The second kappa shape index (κ2) is 2.74. The highest BCUT2D eigenvalue weighted by atomic mass is 15.0. The number of hydrogen-bond donors (Lipinski definition) is 0. The molecule has 0 N–H and O–H groups in total. The average Bonchev–Trinajstić information content (AvgIpc) is 1.80. The summed E-state index contributed by atoms with van der Waals surface area (Å²) < 4.78 is 0. The Morgan fingerprint density at radius 1 is 1.33 bits per heavy atom. The van der Waals surface area contributed by atoms with Gasteiger partial charge in [0, 0.05) is 0 Å². The zero-order valence-corrected chi connectivity index (χ0v) is 6.30. The molecule has 1 saturated heterocycles. The minimum Gasteiger partial charge on any atom is -0.353 e. The zero-order valence-electron chi connectivity index (χ0n) is 6.30. The van der Waals surface area contributed by atoms with Crippen LogP contribution in [0.4, 0.5) is 0 Å². The molecule has 2 atom stereocenters. The summed E-state index contributed by atoms with van der Waals surface area (Å²) in [6, 6.07) is 0. The third-order valence-corrected chi connectivity index (χ3v) is 2.37. The maximum atomic E-state index is 5.62. The molecule has 1 heterocycles. The highest BCUT2D eigenvalue weighted by Crippen LogP contribution is 2.20. The van der Waals surface area contributed by atoms with Crippen LogP contribution in [-0.2, 0) is 0 Å². The molecule has 1 fully saturated rings. The number of hydrogen-bond acceptors (Lipinski definition) is 1. The Hall–Kier alpha value is 0.0249. The van der Waals surface area contributed by atoms with Crippen LogP contribution in [0.1, 0.15) is 20.3 Å². The molecule has 0 aromatic heterocycles. The van der Waals surface area contributed by atoms with E-state index in [0.29, 0.717) is 0 Å². The quantitative estimate of drug-likeness (QED) is 0.435. The lowest BCUT2D eigenvalue weighted by atomic mass is 9.87. The molecule has 0 bridgehead atoms. The summed E-state index contributed by atoms with van der Waals surface area (Å²) in [4.78, 5) is 1.92. The smallest absolute Gasteiger partial charge is 0.182 e. The topological polar surface area (TPSA) is 3.24 Å². The molecular formula is C7H14BN. The van der Waals surface area contributed by atoms with E-state index in [9.17, 15) is 0 Å². The van der Waals surface area contributed by atoms with Gasteiger partial charge < -0.3 is 4.81 Å². The van der Waals surface area contributed by atoms with E-state index in [1.807, 2.05) is 4.81 Å². The fourth-order valence-electron chi connectivity index (χ4n) is 1.30. The van der Waals surface area contributed by atoms with E-state index < -0.39 is 0 Å². The van der Waals surface area contributed by atoms with Gasteiger partial charge in [-0.1, -0.05) is 13.8 Å². The maximum absolute atomic E-state index is 5.62. The van der Waals surface area contributed by atoms with Gasteiger partial charge in [-0.2, -0.15) is 0 Å². The third-order valence-electron chi connectivity index (χ3n) is 2.37. The van der Waals surface area contributed by atoms with Crippen molar-refractivity contribution in [2.45, 2.75) is 20.3 Å². The summed E-state index contributed by atoms with van der Waals surface area (Å²) in [5.74, 6) is 1.65. The van der Waals surface area contributed by atoms with Crippen LogP contribution >= 0.6 is 0 Å². The van der Waals surface area contributed by atoms with Crippen LogP contribution in [0.15, 0.2) is 0 Å². The standard InChI is InChI=1S/C7H14BN/c1-6-3-4-9(8)5-7(6)2/h6-7H,3-5H2,1-2H3. The van der Waals surface area contributed by atoms with Crippen molar-refractivity contribution in [2.24, 2.45) is 11.8 Å². The van der Waals surface area contributed by atoms with Crippen molar-refractivity contribution in [3.63, 3.8) is 0 Å². The van der Waals surface area contributed by atoms with E-state index in [0.717, 1.165) is 24.9 Å². The molecule has 0 amide bonds. The summed E-state index contributed by atoms with van der Waals surface area (Å²) in [6.07, 6.45) is 1.26. The molecule has 2 radical (unpaired) electrons. The molecule has 0 aromatic rings. The van der Waals surface area contributed by atoms with Crippen molar-refractivity contribution < 1.29 is 0 Å². The Balaban J connectivity index is 2.35. The largest absolute Gasteiger partial charge is 0.353 e. The van der Waals surface area contributed by atoms with Gasteiger partial charge in [-0.3, -0.25) is 0 Å². The molecule has 1 aliphatic heterocycles. The van der Waals surface area contributed by atoms with Crippen molar-refractivity contribution in [3.05, 3.63) is 0 Å². The average molecular weight is 123 g/mol. The van der Waals surface area contributed by atoms with E-state index >= 15 is 0 Å². The summed E-state index contributed by atoms with van der Waals surface area (Å²) >= 11 is 0. The van der Waals surface area contributed by atoms with Gasteiger partial charge in [0.15, 0.2) is 7.98 Å². The summed E-state index contributed by atoms with van der Waals surface area (Å²) in [6.45, 7) is 6.72. The number of rotatable bonds is 0. The Labute approximate surface area is 58.9 Å². The Morgan fingerprint density at radius 2 is 2.00 bits per heavy atom. The van der Waals surface area contributed by atoms with Gasteiger partial charge in [0.2, 0.25) is 0 Å². The SMILES string of the molecule is [B]N1CCC(C)C(C)C1. The second-order valence-electron chi connectivity index (χ2n) is 3.24. The third kappa shape index (κ3) is 1.72. The monoisotopic (exact) mass is 123 g/mol. The van der Waals surface area contributed by atoms with Crippen molar-refractivity contribution in [2.75, 3.05) is 13.1 Å². The number of nitrogens with zero attached hydrogens (tertiary/aromatic N) is 1. The Bertz CT molecular complexity index is 94.9. The van der Waals surface area contributed by atoms with Gasteiger partial charge in [0.25, 0.3) is 0 Å². The first-order valence-electron chi connectivity index (χ1n) is 3.70. The summed E-state index contributed by atoms with van der Waals surface area (Å²) in [7, 11) is 5.62. The van der Waals surface area contributed by atoms with Crippen molar-refractivity contribution in [1.82, 2.24) is 4.81 Å². The first-order chi connectivity index (χ1) is 4.20. The first kappa shape index (κ1) is 7.14. The predicted octanol–water partition coefficient (Wildman–Crippen LogP) is 1.05. The van der Waals surface area contributed by atoms with E-state index in [1.165, 1.54) is 6.42 Å². The van der Waals surface area contributed by atoms with Crippen LogP contribution < -0.4 is 0 Å². The predicted molar refractivity (Wildman–Crippen MR) is 40.3 cm³/mol. The van der Waals surface area contributed by atoms with Crippen LogP contribution in [0, 0.1) is 11.8 Å². The van der Waals surface area contributed by atoms with Gasteiger partial charge in [0.1, 0.15) is 0 Å². The van der Waals surface area contributed by atoms with Gasteiger partial charge in [-0.05, 0) is 31.3 Å². The second-order valence-corrected chi connectivity index (χ2v) is 3.24. The van der Waals surface area contributed by atoms with Crippen LogP contribution in [0.3, 0.4) is 0 Å². The van der Waals surface area contributed by atoms with Gasteiger partial charge in [-0.15, -0.1) is 0 Å². The molecule has 0 aromatic carbocycles. The minimum absolute atomic E-state index is 0.781. The molecule has 0 aliphatic carbocycles. The van der Waals surface area contributed by atoms with Crippen LogP contribution in [0.5, 0.6) is 0 Å². The fourth-order valence-corrected chi connectivity index (χ4v) is 1.30. The molecule has 1 aliphatic rings.